The van der Waals surface area contributed by atoms with E-state index in [-0.39, 0.29) is 0 Å². The van der Waals surface area contributed by atoms with Crippen LogP contribution in [0.2, 0.25) is 0 Å². The summed E-state index contributed by atoms with van der Waals surface area (Å²) in [6.07, 6.45) is 11.9. The second-order valence-electron chi connectivity index (χ2n) is 6.47. The lowest BCUT2D eigenvalue weighted by molar-refractivity contribution is 0.483. The Hall–Kier alpha value is -1.63. The SMILES string of the molecule is c1cncc(CCC2CC23CCCc2ccccc23)c1. The number of aromatic nitrogens is 1. The molecule has 0 bridgehead atoms. The van der Waals surface area contributed by atoms with Crippen LogP contribution in [0.25, 0.3) is 0 Å². The zero-order valence-electron chi connectivity index (χ0n) is 11.9. The normalized spacial score (nSPS) is 27.3. The molecule has 0 amide bonds. The fraction of sp³-hybridized carbons (Fsp3) is 0.421. The summed E-state index contributed by atoms with van der Waals surface area (Å²) in [7, 11) is 0. The van der Waals surface area contributed by atoms with Gasteiger partial charge in [-0.1, -0.05) is 30.3 Å². The summed E-state index contributed by atoms with van der Waals surface area (Å²) in [5.41, 5.74) is 5.21. The van der Waals surface area contributed by atoms with Crippen LogP contribution in [-0.2, 0) is 18.3 Å². The Morgan fingerprint density at radius 3 is 3.00 bits per heavy atom. The van der Waals surface area contributed by atoms with Crippen molar-refractivity contribution >= 4 is 0 Å². The van der Waals surface area contributed by atoms with Gasteiger partial charge in [-0.25, -0.2) is 0 Å². The van der Waals surface area contributed by atoms with Gasteiger partial charge in [0.05, 0.1) is 0 Å². The summed E-state index contributed by atoms with van der Waals surface area (Å²) in [5, 5.41) is 0. The molecule has 102 valence electrons. The Morgan fingerprint density at radius 2 is 2.10 bits per heavy atom. The first-order valence-electron chi connectivity index (χ1n) is 7.86. The van der Waals surface area contributed by atoms with Gasteiger partial charge in [0.25, 0.3) is 0 Å². The minimum Gasteiger partial charge on any atom is -0.264 e. The zero-order chi connectivity index (χ0) is 13.4. The van der Waals surface area contributed by atoms with Gasteiger partial charge in [-0.05, 0) is 72.6 Å². The molecule has 0 aliphatic heterocycles. The van der Waals surface area contributed by atoms with Crippen molar-refractivity contribution in [2.45, 2.75) is 43.9 Å². The molecule has 2 aliphatic rings. The minimum atomic E-state index is 0.539. The number of nitrogens with zero attached hydrogens (tertiary/aromatic N) is 1. The molecular formula is C19H21N. The van der Waals surface area contributed by atoms with Crippen molar-refractivity contribution in [3.8, 4) is 0 Å². The zero-order valence-corrected chi connectivity index (χ0v) is 11.9. The third-order valence-corrected chi connectivity index (χ3v) is 5.36. The standard InChI is InChI=1S/C19H21N/c1-2-8-18-16(6-1)7-3-11-19(18)13-17(19)10-9-15-5-4-12-20-14-15/h1-2,4-6,8,12,14,17H,3,7,9-11,13H2. The maximum absolute atomic E-state index is 4.22. The molecule has 1 aromatic heterocycles. The van der Waals surface area contributed by atoms with Crippen LogP contribution in [0.4, 0.5) is 0 Å². The van der Waals surface area contributed by atoms with Gasteiger partial charge < -0.3 is 0 Å². The van der Waals surface area contributed by atoms with E-state index in [1.54, 1.807) is 11.1 Å². The third-order valence-electron chi connectivity index (χ3n) is 5.36. The maximum Gasteiger partial charge on any atom is 0.0299 e. The van der Waals surface area contributed by atoms with Crippen molar-refractivity contribution in [2.75, 3.05) is 0 Å². The Morgan fingerprint density at radius 1 is 1.15 bits per heavy atom. The van der Waals surface area contributed by atoms with E-state index in [2.05, 4.69) is 35.3 Å². The van der Waals surface area contributed by atoms with Crippen molar-refractivity contribution in [2.24, 2.45) is 5.92 Å². The number of hydrogen-bond acceptors (Lipinski definition) is 1. The van der Waals surface area contributed by atoms with Crippen LogP contribution in [0.5, 0.6) is 0 Å². The van der Waals surface area contributed by atoms with Gasteiger partial charge in [0.1, 0.15) is 0 Å². The summed E-state index contributed by atoms with van der Waals surface area (Å²) >= 11 is 0. The smallest absolute Gasteiger partial charge is 0.0299 e. The lowest BCUT2D eigenvalue weighted by atomic mass is 9.78. The highest BCUT2D eigenvalue weighted by molar-refractivity contribution is 5.42. The predicted molar refractivity (Wildman–Crippen MR) is 81.7 cm³/mol. The fourth-order valence-electron chi connectivity index (χ4n) is 4.24. The average molecular weight is 263 g/mol. The van der Waals surface area contributed by atoms with E-state index in [9.17, 15) is 0 Å². The van der Waals surface area contributed by atoms with Crippen LogP contribution in [0, 0.1) is 5.92 Å². The lowest BCUT2D eigenvalue weighted by Crippen LogP contribution is -2.18. The van der Waals surface area contributed by atoms with E-state index in [4.69, 9.17) is 0 Å². The second kappa shape index (κ2) is 4.73. The first kappa shape index (κ1) is 12.1. The predicted octanol–water partition coefficient (Wildman–Crippen LogP) is 4.31. The molecule has 2 aliphatic carbocycles. The Kier molecular flexibility index (Phi) is 2.87. The highest BCUT2D eigenvalue weighted by Crippen LogP contribution is 2.61. The van der Waals surface area contributed by atoms with E-state index in [1.807, 2.05) is 18.5 Å². The monoisotopic (exact) mass is 263 g/mol. The van der Waals surface area contributed by atoms with Gasteiger partial charge in [0, 0.05) is 12.4 Å². The first-order chi connectivity index (χ1) is 9.88. The summed E-state index contributed by atoms with van der Waals surface area (Å²) in [6.45, 7) is 0. The summed E-state index contributed by atoms with van der Waals surface area (Å²) in [6, 6.07) is 13.4. The molecule has 1 saturated carbocycles. The van der Waals surface area contributed by atoms with Gasteiger partial charge in [-0.15, -0.1) is 0 Å². The van der Waals surface area contributed by atoms with E-state index in [0.29, 0.717) is 5.41 Å². The molecule has 2 atom stereocenters. The van der Waals surface area contributed by atoms with Crippen molar-refractivity contribution in [3.05, 3.63) is 65.5 Å². The molecule has 0 radical (unpaired) electrons. The van der Waals surface area contributed by atoms with E-state index >= 15 is 0 Å². The molecule has 1 heterocycles. The molecule has 20 heavy (non-hydrogen) atoms. The number of pyridine rings is 1. The van der Waals surface area contributed by atoms with Crippen LogP contribution >= 0.6 is 0 Å². The summed E-state index contributed by atoms with van der Waals surface area (Å²) < 4.78 is 0. The molecule has 1 heteroatoms. The van der Waals surface area contributed by atoms with Crippen molar-refractivity contribution in [1.29, 1.82) is 0 Å². The Bertz CT molecular complexity index is 604. The van der Waals surface area contributed by atoms with E-state index in [1.165, 1.54) is 44.1 Å². The summed E-state index contributed by atoms with van der Waals surface area (Å²) in [4.78, 5) is 4.22. The highest BCUT2D eigenvalue weighted by Gasteiger charge is 2.55. The van der Waals surface area contributed by atoms with Crippen LogP contribution < -0.4 is 0 Å². The number of rotatable bonds is 3. The highest BCUT2D eigenvalue weighted by atomic mass is 14.6. The van der Waals surface area contributed by atoms with Gasteiger partial charge in [0.15, 0.2) is 0 Å². The molecule has 1 nitrogen and oxygen atoms in total. The van der Waals surface area contributed by atoms with Gasteiger partial charge >= 0.3 is 0 Å². The number of aryl methyl sites for hydroxylation is 2. The quantitative estimate of drug-likeness (QED) is 0.804. The molecule has 0 N–H and O–H groups in total. The minimum absolute atomic E-state index is 0.539. The number of hydrogen-bond donors (Lipinski definition) is 0. The molecule has 1 fully saturated rings. The van der Waals surface area contributed by atoms with E-state index < -0.39 is 0 Å². The Labute approximate surface area is 121 Å². The van der Waals surface area contributed by atoms with Crippen molar-refractivity contribution < 1.29 is 0 Å². The third kappa shape index (κ3) is 1.96. The van der Waals surface area contributed by atoms with Crippen LogP contribution in [0.3, 0.4) is 0 Å². The number of fused-ring (bicyclic) bond motifs is 2. The lowest BCUT2D eigenvalue weighted by Gasteiger charge is -2.26. The Balaban J connectivity index is 1.50. The topological polar surface area (TPSA) is 12.9 Å². The number of benzene rings is 1. The molecule has 1 aromatic carbocycles. The van der Waals surface area contributed by atoms with Gasteiger partial charge in [-0.2, -0.15) is 0 Å². The van der Waals surface area contributed by atoms with Crippen LogP contribution in [0.15, 0.2) is 48.8 Å². The average Bonchev–Trinajstić information content (AvgIpc) is 3.20. The van der Waals surface area contributed by atoms with Crippen molar-refractivity contribution in [3.63, 3.8) is 0 Å². The molecule has 2 aromatic rings. The van der Waals surface area contributed by atoms with Crippen LogP contribution in [0.1, 0.15) is 42.4 Å². The fourth-order valence-corrected chi connectivity index (χ4v) is 4.24. The molecular weight excluding hydrogens is 242 g/mol. The molecule has 0 saturated heterocycles. The molecule has 1 spiro atoms. The van der Waals surface area contributed by atoms with Gasteiger partial charge in [-0.3, -0.25) is 4.98 Å². The van der Waals surface area contributed by atoms with E-state index in [0.717, 1.165) is 5.92 Å². The summed E-state index contributed by atoms with van der Waals surface area (Å²) in [5.74, 6) is 0.893. The van der Waals surface area contributed by atoms with Gasteiger partial charge in [0.2, 0.25) is 0 Å². The van der Waals surface area contributed by atoms with Crippen LogP contribution in [-0.4, -0.2) is 4.98 Å². The molecule has 4 rings (SSSR count). The second-order valence-corrected chi connectivity index (χ2v) is 6.47. The van der Waals surface area contributed by atoms with Crippen molar-refractivity contribution in [1.82, 2.24) is 4.98 Å². The molecule has 2 unspecified atom stereocenters. The largest absolute Gasteiger partial charge is 0.264 e. The first-order valence-corrected chi connectivity index (χ1v) is 7.86. The maximum atomic E-state index is 4.22.